The summed E-state index contributed by atoms with van der Waals surface area (Å²) in [7, 11) is 1.49. The van der Waals surface area contributed by atoms with Gasteiger partial charge in [0.25, 0.3) is 0 Å². The lowest BCUT2D eigenvalue weighted by Gasteiger charge is -2.29. The van der Waals surface area contributed by atoms with E-state index in [1.54, 1.807) is 30.3 Å². The molecule has 2 rings (SSSR count). The molecule has 0 aromatic heterocycles. The predicted octanol–water partition coefficient (Wildman–Crippen LogP) is 3.25. The van der Waals surface area contributed by atoms with Crippen LogP contribution in [-0.4, -0.2) is 18.2 Å². The lowest BCUT2D eigenvalue weighted by molar-refractivity contribution is -0.142. The van der Waals surface area contributed by atoms with E-state index in [0.29, 0.717) is 11.4 Å². The Morgan fingerprint density at radius 2 is 1.81 bits per heavy atom. The lowest BCUT2D eigenvalue weighted by Crippen LogP contribution is -2.41. The first-order chi connectivity index (χ1) is 9.99. The summed E-state index contributed by atoms with van der Waals surface area (Å²) in [5.74, 6) is -1.27. The van der Waals surface area contributed by atoms with E-state index in [2.05, 4.69) is 5.32 Å². The molecule has 0 heterocycles. The molecular weight excluding hydrogens is 273 g/mol. The van der Waals surface area contributed by atoms with Crippen LogP contribution in [0.4, 0.5) is 10.1 Å². The molecule has 2 N–H and O–H groups in total. The van der Waals surface area contributed by atoms with Crippen molar-refractivity contribution in [3.8, 4) is 5.75 Å². The average molecular weight is 289 g/mol. The van der Waals surface area contributed by atoms with Gasteiger partial charge in [-0.05, 0) is 25.1 Å². The van der Waals surface area contributed by atoms with Gasteiger partial charge < -0.3 is 15.2 Å². The molecule has 110 valence electrons. The van der Waals surface area contributed by atoms with Gasteiger partial charge in [-0.3, -0.25) is 0 Å². The number of halogens is 1. The smallest absolute Gasteiger partial charge is 0.333 e. The number of aliphatic carboxylic acids is 1. The van der Waals surface area contributed by atoms with Crippen LogP contribution in [0.2, 0.25) is 0 Å². The number of carbonyl (C=O) groups is 1. The third-order valence-corrected chi connectivity index (χ3v) is 3.33. The van der Waals surface area contributed by atoms with E-state index in [4.69, 9.17) is 4.74 Å². The van der Waals surface area contributed by atoms with Gasteiger partial charge in [-0.1, -0.05) is 30.3 Å². The van der Waals surface area contributed by atoms with Crippen molar-refractivity contribution in [1.29, 1.82) is 0 Å². The van der Waals surface area contributed by atoms with Crippen molar-refractivity contribution in [3.05, 3.63) is 59.9 Å². The monoisotopic (exact) mass is 289 g/mol. The maximum absolute atomic E-state index is 14.0. The zero-order valence-corrected chi connectivity index (χ0v) is 11.8. The zero-order valence-electron chi connectivity index (χ0n) is 11.8. The number of benzene rings is 2. The summed E-state index contributed by atoms with van der Waals surface area (Å²) >= 11 is 0. The maximum atomic E-state index is 14.0. The highest BCUT2D eigenvalue weighted by molar-refractivity contribution is 5.85. The van der Waals surface area contributed by atoms with E-state index >= 15 is 0 Å². The Morgan fingerprint density at radius 1 is 1.19 bits per heavy atom. The fourth-order valence-corrected chi connectivity index (χ4v) is 2.12. The highest BCUT2D eigenvalue weighted by Crippen LogP contribution is 2.32. The molecule has 4 nitrogen and oxygen atoms in total. The van der Waals surface area contributed by atoms with Gasteiger partial charge in [0.1, 0.15) is 11.6 Å². The first-order valence-electron chi connectivity index (χ1n) is 6.38. The molecule has 0 amide bonds. The molecule has 0 aliphatic rings. The highest BCUT2D eigenvalue weighted by atomic mass is 19.1. The number of para-hydroxylation sites is 2. The van der Waals surface area contributed by atoms with Crippen LogP contribution in [0, 0.1) is 5.82 Å². The van der Waals surface area contributed by atoms with Crippen LogP contribution in [0.3, 0.4) is 0 Å². The third kappa shape index (κ3) is 2.81. The quantitative estimate of drug-likeness (QED) is 0.887. The van der Waals surface area contributed by atoms with Crippen molar-refractivity contribution < 1.29 is 19.0 Å². The lowest BCUT2D eigenvalue weighted by atomic mass is 9.91. The highest BCUT2D eigenvalue weighted by Gasteiger charge is 2.38. The van der Waals surface area contributed by atoms with Crippen molar-refractivity contribution in [2.75, 3.05) is 12.4 Å². The molecule has 2 aromatic rings. The third-order valence-electron chi connectivity index (χ3n) is 3.33. The predicted molar refractivity (Wildman–Crippen MR) is 78.0 cm³/mol. The molecule has 1 atom stereocenters. The molecule has 0 aliphatic heterocycles. The van der Waals surface area contributed by atoms with Gasteiger partial charge in [-0.25, -0.2) is 9.18 Å². The summed E-state index contributed by atoms with van der Waals surface area (Å²) in [5, 5.41) is 12.4. The van der Waals surface area contributed by atoms with E-state index in [9.17, 15) is 14.3 Å². The van der Waals surface area contributed by atoms with Crippen LogP contribution in [0.15, 0.2) is 48.5 Å². The standard InChI is InChI=1S/C16H16FNO3/c1-16(15(19)20,11-7-3-4-8-12(11)17)18-13-9-5-6-10-14(13)21-2/h3-10,18H,1-2H3,(H,19,20). The first kappa shape index (κ1) is 14.8. The second-order valence-electron chi connectivity index (χ2n) is 4.74. The van der Waals surface area contributed by atoms with Crippen molar-refractivity contribution in [2.45, 2.75) is 12.5 Å². The van der Waals surface area contributed by atoms with Gasteiger partial charge in [-0.2, -0.15) is 0 Å². The van der Waals surface area contributed by atoms with Gasteiger partial charge in [0.15, 0.2) is 5.54 Å². The number of rotatable bonds is 5. The molecule has 0 saturated carbocycles. The summed E-state index contributed by atoms with van der Waals surface area (Å²) in [6.45, 7) is 1.42. The van der Waals surface area contributed by atoms with Crippen molar-refractivity contribution >= 4 is 11.7 Å². The summed E-state index contributed by atoms with van der Waals surface area (Å²) < 4.78 is 19.2. The Kier molecular flexibility index (Phi) is 4.12. The minimum Gasteiger partial charge on any atom is -0.495 e. The van der Waals surface area contributed by atoms with E-state index in [1.165, 1.54) is 32.2 Å². The van der Waals surface area contributed by atoms with Gasteiger partial charge in [-0.15, -0.1) is 0 Å². The Bertz CT molecular complexity index is 659. The Hall–Kier alpha value is -2.56. The summed E-state index contributed by atoms with van der Waals surface area (Å²) in [5.41, 5.74) is -1.07. The minimum absolute atomic E-state index is 0.0587. The average Bonchev–Trinajstić information content (AvgIpc) is 2.48. The molecule has 2 aromatic carbocycles. The number of hydrogen-bond donors (Lipinski definition) is 2. The van der Waals surface area contributed by atoms with Crippen LogP contribution >= 0.6 is 0 Å². The molecule has 0 radical (unpaired) electrons. The van der Waals surface area contributed by atoms with Crippen LogP contribution in [0.25, 0.3) is 0 Å². The normalized spacial score (nSPS) is 13.3. The summed E-state index contributed by atoms with van der Waals surface area (Å²) in [4.78, 5) is 11.7. The SMILES string of the molecule is COc1ccccc1NC(C)(C(=O)O)c1ccccc1F. The Balaban J connectivity index is 2.49. The molecule has 0 bridgehead atoms. The Morgan fingerprint density at radius 3 is 2.43 bits per heavy atom. The van der Waals surface area contributed by atoms with E-state index in [0.717, 1.165) is 0 Å². The van der Waals surface area contributed by atoms with E-state index in [-0.39, 0.29) is 5.56 Å². The molecule has 0 aliphatic carbocycles. The first-order valence-corrected chi connectivity index (χ1v) is 6.38. The molecule has 0 spiro atoms. The number of anilines is 1. The topological polar surface area (TPSA) is 58.6 Å². The molecule has 0 saturated heterocycles. The van der Waals surface area contributed by atoms with Crippen molar-refractivity contribution in [1.82, 2.24) is 0 Å². The van der Waals surface area contributed by atoms with Crippen LogP contribution in [-0.2, 0) is 10.3 Å². The molecule has 0 fully saturated rings. The summed E-state index contributed by atoms with van der Waals surface area (Å²) in [6, 6.07) is 12.7. The number of ether oxygens (including phenoxy) is 1. The second kappa shape index (κ2) is 5.83. The number of carboxylic acid groups (broad SMARTS) is 1. The number of hydrogen-bond acceptors (Lipinski definition) is 3. The fraction of sp³-hybridized carbons (Fsp3) is 0.188. The summed E-state index contributed by atoms with van der Waals surface area (Å²) in [6.07, 6.45) is 0. The molecular formula is C16H16FNO3. The van der Waals surface area contributed by atoms with Crippen molar-refractivity contribution in [3.63, 3.8) is 0 Å². The number of nitrogens with one attached hydrogen (secondary N) is 1. The number of methoxy groups -OCH3 is 1. The molecule has 21 heavy (non-hydrogen) atoms. The number of carboxylic acids is 1. The van der Waals surface area contributed by atoms with Crippen LogP contribution in [0.1, 0.15) is 12.5 Å². The van der Waals surface area contributed by atoms with Gasteiger partial charge in [0, 0.05) is 5.56 Å². The minimum atomic E-state index is -1.61. The maximum Gasteiger partial charge on any atom is 0.333 e. The Labute approximate surface area is 122 Å². The van der Waals surface area contributed by atoms with Gasteiger partial charge in [0.05, 0.1) is 12.8 Å². The largest absolute Gasteiger partial charge is 0.495 e. The van der Waals surface area contributed by atoms with Gasteiger partial charge in [0.2, 0.25) is 0 Å². The molecule has 1 unspecified atom stereocenters. The van der Waals surface area contributed by atoms with Crippen LogP contribution in [0.5, 0.6) is 5.75 Å². The fourth-order valence-electron chi connectivity index (χ4n) is 2.12. The molecule has 5 heteroatoms. The second-order valence-corrected chi connectivity index (χ2v) is 4.74. The van der Waals surface area contributed by atoms with Crippen molar-refractivity contribution in [2.24, 2.45) is 0 Å². The van der Waals surface area contributed by atoms with E-state index < -0.39 is 17.3 Å². The van der Waals surface area contributed by atoms with Gasteiger partial charge >= 0.3 is 5.97 Å². The zero-order chi connectivity index (χ0) is 15.5. The van der Waals surface area contributed by atoms with Crippen LogP contribution < -0.4 is 10.1 Å². The van der Waals surface area contributed by atoms with E-state index in [1.807, 2.05) is 0 Å².